The van der Waals surface area contributed by atoms with Gasteiger partial charge in [-0.15, -0.1) is 0 Å². The highest BCUT2D eigenvalue weighted by Crippen LogP contribution is 2.12. The van der Waals surface area contributed by atoms with Crippen molar-refractivity contribution in [3.05, 3.63) is 23.7 Å². The molecule has 118 valence electrons. The van der Waals surface area contributed by atoms with Gasteiger partial charge in [0.05, 0.1) is 25.8 Å². The third-order valence-corrected chi connectivity index (χ3v) is 3.62. The molecule has 0 aliphatic carbocycles. The minimum atomic E-state index is -0.245. The van der Waals surface area contributed by atoms with E-state index < -0.39 is 0 Å². The van der Waals surface area contributed by atoms with Crippen molar-refractivity contribution in [3.8, 4) is 0 Å². The number of hydrogen-bond donors (Lipinski definition) is 2. The van der Waals surface area contributed by atoms with Crippen LogP contribution in [0.25, 0.3) is 0 Å². The monoisotopic (exact) mass is 296 g/mol. The highest BCUT2D eigenvalue weighted by Gasteiger charge is 2.27. The number of carbonyl (C=O) groups is 1. The van der Waals surface area contributed by atoms with Crippen LogP contribution in [0.1, 0.15) is 25.4 Å². The molecule has 6 heteroatoms. The highest BCUT2D eigenvalue weighted by molar-refractivity contribution is 5.82. The highest BCUT2D eigenvalue weighted by atomic mass is 16.5. The molecule has 1 aromatic rings. The number of nitrogens with one attached hydrogen (secondary N) is 1. The average molecular weight is 296 g/mol. The van der Waals surface area contributed by atoms with Crippen LogP contribution in [-0.4, -0.2) is 48.3 Å². The SMILES string of the molecule is CC(C)[C@@H](NCc1ccc(CO)o1)C(=O)N1CCOCC1. The zero-order chi connectivity index (χ0) is 15.2. The second kappa shape index (κ2) is 7.59. The van der Waals surface area contributed by atoms with Gasteiger partial charge < -0.3 is 19.2 Å². The number of furan rings is 1. The van der Waals surface area contributed by atoms with E-state index in [0.29, 0.717) is 38.6 Å². The fourth-order valence-electron chi connectivity index (χ4n) is 2.40. The molecule has 0 radical (unpaired) electrons. The van der Waals surface area contributed by atoms with Crippen LogP contribution < -0.4 is 5.32 Å². The van der Waals surface area contributed by atoms with Crippen LogP contribution in [0.5, 0.6) is 0 Å². The molecule has 1 atom stereocenters. The molecule has 1 fully saturated rings. The van der Waals surface area contributed by atoms with Crippen LogP contribution >= 0.6 is 0 Å². The minimum Gasteiger partial charge on any atom is -0.462 e. The summed E-state index contributed by atoms with van der Waals surface area (Å²) in [6, 6.07) is 3.31. The first kappa shape index (κ1) is 16.0. The number of aliphatic hydroxyl groups is 1. The molecule has 0 spiro atoms. The Morgan fingerprint density at radius 2 is 2.00 bits per heavy atom. The van der Waals surface area contributed by atoms with Crippen LogP contribution in [0.4, 0.5) is 0 Å². The molecule has 0 bridgehead atoms. The van der Waals surface area contributed by atoms with E-state index in [4.69, 9.17) is 14.3 Å². The number of ether oxygens (including phenoxy) is 1. The second-order valence-electron chi connectivity index (χ2n) is 5.57. The summed E-state index contributed by atoms with van der Waals surface area (Å²) in [4.78, 5) is 14.4. The Kier molecular flexibility index (Phi) is 5.78. The Bertz CT molecular complexity index is 452. The normalized spacial score (nSPS) is 17.2. The molecule has 1 aliphatic heterocycles. The van der Waals surface area contributed by atoms with Crippen LogP contribution in [-0.2, 0) is 22.7 Å². The molecule has 2 heterocycles. The molecule has 2 rings (SSSR count). The summed E-state index contributed by atoms with van der Waals surface area (Å²) in [7, 11) is 0. The quantitative estimate of drug-likeness (QED) is 0.810. The fraction of sp³-hybridized carbons (Fsp3) is 0.667. The van der Waals surface area contributed by atoms with Gasteiger partial charge in [0, 0.05) is 13.1 Å². The number of hydrogen-bond acceptors (Lipinski definition) is 5. The summed E-state index contributed by atoms with van der Waals surface area (Å²) in [6.45, 7) is 6.93. The van der Waals surface area contributed by atoms with Crippen molar-refractivity contribution in [2.75, 3.05) is 26.3 Å². The number of nitrogens with zero attached hydrogens (tertiary/aromatic N) is 1. The van der Waals surface area contributed by atoms with Gasteiger partial charge in [0.1, 0.15) is 18.1 Å². The first-order valence-electron chi connectivity index (χ1n) is 7.40. The fourth-order valence-corrected chi connectivity index (χ4v) is 2.40. The van der Waals surface area contributed by atoms with E-state index >= 15 is 0 Å². The summed E-state index contributed by atoms with van der Waals surface area (Å²) < 4.78 is 10.7. The van der Waals surface area contributed by atoms with Crippen molar-refractivity contribution in [2.24, 2.45) is 5.92 Å². The van der Waals surface area contributed by atoms with Crippen LogP contribution in [0.3, 0.4) is 0 Å². The van der Waals surface area contributed by atoms with Gasteiger partial charge in [-0.25, -0.2) is 0 Å². The predicted molar refractivity (Wildman–Crippen MR) is 77.5 cm³/mol. The van der Waals surface area contributed by atoms with Gasteiger partial charge >= 0.3 is 0 Å². The zero-order valence-corrected chi connectivity index (χ0v) is 12.7. The smallest absolute Gasteiger partial charge is 0.240 e. The van der Waals surface area contributed by atoms with E-state index in [1.165, 1.54) is 0 Å². The summed E-state index contributed by atoms with van der Waals surface area (Å²) >= 11 is 0. The zero-order valence-electron chi connectivity index (χ0n) is 12.7. The molecule has 1 aromatic heterocycles. The molecule has 21 heavy (non-hydrogen) atoms. The first-order chi connectivity index (χ1) is 10.1. The Balaban J connectivity index is 1.93. The van der Waals surface area contributed by atoms with E-state index in [-0.39, 0.29) is 24.5 Å². The topological polar surface area (TPSA) is 74.9 Å². The van der Waals surface area contributed by atoms with Gasteiger partial charge in [0.2, 0.25) is 5.91 Å². The van der Waals surface area contributed by atoms with Crippen molar-refractivity contribution in [1.29, 1.82) is 0 Å². The van der Waals surface area contributed by atoms with Gasteiger partial charge in [-0.1, -0.05) is 13.8 Å². The number of morpholine rings is 1. The van der Waals surface area contributed by atoms with Crippen molar-refractivity contribution in [2.45, 2.75) is 33.0 Å². The summed E-state index contributed by atoms with van der Waals surface area (Å²) in [5.74, 6) is 1.56. The molecule has 0 saturated carbocycles. The van der Waals surface area contributed by atoms with Crippen molar-refractivity contribution in [3.63, 3.8) is 0 Å². The van der Waals surface area contributed by atoms with Gasteiger partial charge in [-0.05, 0) is 18.1 Å². The maximum atomic E-state index is 12.6. The van der Waals surface area contributed by atoms with Gasteiger partial charge in [0.15, 0.2) is 0 Å². The Hall–Kier alpha value is -1.37. The predicted octanol–water partition coefficient (Wildman–Crippen LogP) is 0.745. The molecule has 1 amide bonds. The third kappa shape index (κ3) is 4.30. The number of carbonyl (C=O) groups excluding carboxylic acids is 1. The summed E-state index contributed by atoms with van der Waals surface area (Å²) in [5.41, 5.74) is 0. The molecular weight excluding hydrogens is 272 g/mol. The Morgan fingerprint density at radius 1 is 1.33 bits per heavy atom. The van der Waals surface area contributed by atoms with Gasteiger partial charge in [0.25, 0.3) is 0 Å². The lowest BCUT2D eigenvalue weighted by Crippen LogP contribution is -2.52. The van der Waals surface area contributed by atoms with Gasteiger partial charge in [-0.3, -0.25) is 10.1 Å². The average Bonchev–Trinajstić information content (AvgIpc) is 2.96. The molecule has 0 aromatic carbocycles. The lowest BCUT2D eigenvalue weighted by atomic mass is 10.0. The minimum absolute atomic E-state index is 0.111. The van der Waals surface area contributed by atoms with Crippen LogP contribution in [0.15, 0.2) is 16.5 Å². The Labute approximate surface area is 125 Å². The number of aliphatic hydroxyl groups excluding tert-OH is 1. The van der Waals surface area contributed by atoms with E-state index in [2.05, 4.69) is 5.32 Å². The maximum absolute atomic E-state index is 12.6. The second-order valence-corrected chi connectivity index (χ2v) is 5.57. The Morgan fingerprint density at radius 3 is 2.57 bits per heavy atom. The van der Waals surface area contributed by atoms with Gasteiger partial charge in [-0.2, -0.15) is 0 Å². The van der Waals surface area contributed by atoms with E-state index in [0.717, 1.165) is 5.76 Å². The lowest BCUT2D eigenvalue weighted by Gasteiger charge is -2.32. The maximum Gasteiger partial charge on any atom is 0.240 e. The third-order valence-electron chi connectivity index (χ3n) is 3.62. The summed E-state index contributed by atoms with van der Waals surface area (Å²) in [6.07, 6.45) is 0. The number of rotatable bonds is 6. The molecule has 6 nitrogen and oxygen atoms in total. The molecular formula is C15H24N2O4. The standard InChI is InChI=1S/C15H24N2O4/c1-11(2)14(15(19)17-5-7-20-8-6-17)16-9-12-3-4-13(10-18)21-12/h3-4,11,14,16,18H,5-10H2,1-2H3/t14-/m1/s1. The van der Waals surface area contributed by atoms with Crippen molar-refractivity contribution < 1.29 is 19.1 Å². The van der Waals surface area contributed by atoms with Crippen molar-refractivity contribution >= 4 is 5.91 Å². The molecule has 2 N–H and O–H groups in total. The first-order valence-corrected chi connectivity index (χ1v) is 7.40. The van der Waals surface area contributed by atoms with Crippen LogP contribution in [0.2, 0.25) is 0 Å². The lowest BCUT2D eigenvalue weighted by molar-refractivity contribution is -0.138. The number of amides is 1. The van der Waals surface area contributed by atoms with E-state index in [9.17, 15) is 4.79 Å². The van der Waals surface area contributed by atoms with E-state index in [1.807, 2.05) is 24.8 Å². The van der Waals surface area contributed by atoms with E-state index in [1.54, 1.807) is 6.07 Å². The molecule has 1 aliphatic rings. The van der Waals surface area contributed by atoms with Crippen LogP contribution in [0, 0.1) is 5.92 Å². The summed E-state index contributed by atoms with van der Waals surface area (Å²) in [5, 5.41) is 12.3. The molecule has 0 unspecified atom stereocenters. The largest absolute Gasteiger partial charge is 0.462 e. The molecule has 1 saturated heterocycles. The van der Waals surface area contributed by atoms with Crippen molar-refractivity contribution in [1.82, 2.24) is 10.2 Å².